The van der Waals surface area contributed by atoms with Crippen LogP contribution in [0, 0.1) is 22.5 Å². The van der Waals surface area contributed by atoms with Gasteiger partial charge in [-0.2, -0.15) is 0 Å². The van der Waals surface area contributed by atoms with E-state index in [0.717, 1.165) is 17.7 Å². The van der Waals surface area contributed by atoms with Crippen LogP contribution < -0.4 is 4.74 Å². The summed E-state index contributed by atoms with van der Waals surface area (Å²) < 4.78 is 5.87. The first kappa shape index (κ1) is 19.6. The molecule has 7 heteroatoms. The number of aryl methyl sites for hydroxylation is 1. The van der Waals surface area contributed by atoms with Crippen LogP contribution in [0.4, 0.5) is 5.69 Å². The number of carbonyl (C=O) groups is 1. The first-order valence-electron chi connectivity index (χ1n) is 10.4. The van der Waals surface area contributed by atoms with Gasteiger partial charge in [-0.25, -0.2) is 9.97 Å². The summed E-state index contributed by atoms with van der Waals surface area (Å²) >= 11 is 0. The number of ether oxygens (including phenoxy) is 1. The van der Waals surface area contributed by atoms with Gasteiger partial charge in [-0.3, -0.25) is 14.9 Å². The van der Waals surface area contributed by atoms with E-state index in [1.54, 1.807) is 18.2 Å². The average Bonchev–Trinajstić information content (AvgIpc) is 3.03. The molecule has 1 fully saturated rings. The molecule has 1 saturated carbocycles. The SMILES string of the molecule is Cc1ccc(OC(=O)C23CCC(C)(c4nc5ccc([N+](=O)[O-])cc5nc42)C3(C)C)cc1. The number of fused-ring (bicyclic) bond motifs is 6. The quantitative estimate of drug-likeness (QED) is 0.263. The first-order chi connectivity index (χ1) is 14.6. The highest BCUT2D eigenvalue weighted by molar-refractivity contribution is 5.90. The highest BCUT2D eigenvalue weighted by Crippen LogP contribution is 2.70. The van der Waals surface area contributed by atoms with Crippen molar-refractivity contribution in [2.24, 2.45) is 5.41 Å². The molecule has 2 aliphatic rings. The maximum atomic E-state index is 13.7. The van der Waals surface area contributed by atoms with Crippen LogP contribution in [0.15, 0.2) is 42.5 Å². The van der Waals surface area contributed by atoms with E-state index >= 15 is 0 Å². The molecule has 0 aliphatic heterocycles. The van der Waals surface area contributed by atoms with Crippen molar-refractivity contribution in [3.63, 3.8) is 0 Å². The second-order valence-electron chi connectivity index (χ2n) is 9.42. The van der Waals surface area contributed by atoms with Crippen molar-refractivity contribution in [3.05, 3.63) is 69.5 Å². The van der Waals surface area contributed by atoms with Gasteiger partial charge in [0, 0.05) is 17.5 Å². The van der Waals surface area contributed by atoms with Crippen LogP contribution in [0.25, 0.3) is 11.0 Å². The Bertz CT molecular complexity index is 1270. The van der Waals surface area contributed by atoms with Crippen molar-refractivity contribution >= 4 is 22.7 Å². The number of carbonyl (C=O) groups excluding carboxylic acids is 1. The lowest BCUT2D eigenvalue weighted by Crippen LogP contribution is -2.48. The van der Waals surface area contributed by atoms with E-state index in [-0.39, 0.29) is 17.1 Å². The Morgan fingerprint density at radius 1 is 1.00 bits per heavy atom. The van der Waals surface area contributed by atoms with Crippen LogP contribution in [0.1, 0.15) is 50.6 Å². The van der Waals surface area contributed by atoms with Gasteiger partial charge in [-0.1, -0.05) is 38.5 Å². The number of nitrogens with zero attached hydrogens (tertiary/aromatic N) is 3. The number of hydrogen-bond donors (Lipinski definition) is 0. The Labute approximate surface area is 179 Å². The number of rotatable bonds is 3. The summed E-state index contributed by atoms with van der Waals surface area (Å²) in [5.41, 5.74) is 1.64. The molecule has 1 heterocycles. The number of nitro groups is 1. The van der Waals surface area contributed by atoms with E-state index in [1.165, 1.54) is 12.1 Å². The molecule has 2 atom stereocenters. The first-order valence-corrected chi connectivity index (χ1v) is 10.4. The molecule has 7 nitrogen and oxygen atoms in total. The van der Waals surface area contributed by atoms with Crippen LogP contribution in [0.2, 0.25) is 0 Å². The van der Waals surface area contributed by atoms with E-state index < -0.39 is 15.8 Å². The number of esters is 1. The lowest BCUT2D eigenvalue weighted by molar-refractivity contribution is -0.384. The summed E-state index contributed by atoms with van der Waals surface area (Å²) in [7, 11) is 0. The molecule has 2 unspecified atom stereocenters. The summed E-state index contributed by atoms with van der Waals surface area (Å²) in [6, 6.07) is 11.9. The third kappa shape index (κ3) is 2.37. The minimum absolute atomic E-state index is 0.0494. The molecule has 2 bridgehead atoms. The van der Waals surface area contributed by atoms with Crippen LogP contribution in [0.5, 0.6) is 5.75 Å². The van der Waals surface area contributed by atoms with Crippen LogP contribution in [0.3, 0.4) is 0 Å². The molecule has 0 saturated heterocycles. The fraction of sp³-hybridized carbons (Fsp3) is 0.375. The summed E-state index contributed by atoms with van der Waals surface area (Å²) in [6.07, 6.45) is 1.40. The van der Waals surface area contributed by atoms with Crippen molar-refractivity contribution in [3.8, 4) is 5.75 Å². The van der Waals surface area contributed by atoms with Crippen molar-refractivity contribution in [1.29, 1.82) is 0 Å². The number of nitro benzene ring substituents is 1. The van der Waals surface area contributed by atoms with E-state index in [1.807, 2.05) is 19.1 Å². The summed E-state index contributed by atoms with van der Waals surface area (Å²) in [5.74, 6) is 0.148. The number of hydrogen-bond acceptors (Lipinski definition) is 6. The Kier molecular flexibility index (Phi) is 3.85. The lowest BCUT2D eigenvalue weighted by Gasteiger charge is -2.38. The molecule has 2 aliphatic carbocycles. The minimum Gasteiger partial charge on any atom is -0.426 e. The fourth-order valence-electron chi connectivity index (χ4n) is 5.46. The van der Waals surface area contributed by atoms with Gasteiger partial charge in [-0.05, 0) is 43.4 Å². The monoisotopic (exact) mass is 417 g/mol. The van der Waals surface area contributed by atoms with Gasteiger partial charge in [0.05, 0.1) is 27.3 Å². The smallest absolute Gasteiger partial charge is 0.324 e. The number of non-ortho nitro benzene ring substituents is 1. The highest BCUT2D eigenvalue weighted by Gasteiger charge is 2.74. The molecule has 5 rings (SSSR count). The van der Waals surface area contributed by atoms with Gasteiger partial charge < -0.3 is 4.74 Å². The van der Waals surface area contributed by atoms with Gasteiger partial charge >= 0.3 is 5.97 Å². The fourth-order valence-corrected chi connectivity index (χ4v) is 5.46. The van der Waals surface area contributed by atoms with E-state index in [2.05, 4.69) is 20.8 Å². The second kappa shape index (κ2) is 6.09. The summed E-state index contributed by atoms with van der Waals surface area (Å²) in [5, 5.41) is 11.2. The zero-order valence-corrected chi connectivity index (χ0v) is 17.9. The van der Waals surface area contributed by atoms with Crippen molar-refractivity contribution in [1.82, 2.24) is 9.97 Å². The maximum Gasteiger partial charge on any atom is 0.324 e. The molecule has 31 heavy (non-hydrogen) atoms. The molecular formula is C24H23N3O4. The molecule has 158 valence electrons. The largest absolute Gasteiger partial charge is 0.426 e. The molecule has 0 radical (unpaired) electrons. The summed E-state index contributed by atoms with van der Waals surface area (Å²) in [6.45, 7) is 8.26. The Morgan fingerprint density at radius 2 is 1.68 bits per heavy atom. The van der Waals surface area contributed by atoms with Gasteiger partial charge in [0.2, 0.25) is 0 Å². The Morgan fingerprint density at radius 3 is 2.35 bits per heavy atom. The zero-order chi connectivity index (χ0) is 22.2. The third-order valence-electron chi connectivity index (χ3n) is 7.81. The molecule has 2 aromatic carbocycles. The van der Waals surface area contributed by atoms with Gasteiger partial charge in [0.1, 0.15) is 11.2 Å². The maximum absolute atomic E-state index is 13.7. The minimum atomic E-state index is -0.965. The van der Waals surface area contributed by atoms with Crippen molar-refractivity contribution in [2.75, 3.05) is 0 Å². The van der Waals surface area contributed by atoms with Gasteiger partial charge in [0.15, 0.2) is 0 Å². The molecule has 0 N–H and O–H groups in total. The topological polar surface area (TPSA) is 95.2 Å². The molecule has 1 aromatic heterocycles. The zero-order valence-electron chi connectivity index (χ0n) is 17.9. The lowest BCUT2D eigenvalue weighted by atomic mass is 9.64. The Balaban J connectivity index is 1.69. The summed E-state index contributed by atoms with van der Waals surface area (Å²) in [4.78, 5) is 34.2. The van der Waals surface area contributed by atoms with Crippen LogP contribution in [-0.2, 0) is 15.6 Å². The van der Waals surface area contributed by atoms with Gasteiger partial charge in [-0.15, -0.1) is 0 Å². The van der Waals surface area contributed by atoms with E-state index in [4.69, 9.17) is 14.7 Å². The standard InChI is InChI=1S/C24H23N3O4/c1-14-5-8-16(9-6-14)31-21(28)24-12-11-23(4,22(24,2)3)19-20(24)26-18-13-15(27(29)30)7-10-17(18)25-19/h5-10,13H,11-12H2,1-4H3. The predicted octanol–water partition coefficient (Wildman–Crippen LogP) is 4.78. The average molecular weight is 417 g/mol. The van der Waals surface area contributed by atoms with Crippen LogP contribution >= 0.6 is 0 Å². The Hall–Kier alpha value is -3.35. The van der Waals surface area contributed by atoms with E-state index in [0.29, 0.717) is 28.9 Å². The molecule has 0 amide bonds. The molecule has 3 aromatic rings. The number of aromatic nitrogens is 2. The van der Waals surface area contributed by atoms with E-state index in [9.17, 15) is 14.9 Å². The van der Waals surface area contributed by atoms with Crippen molar-refractivity contribution < 1.29 is 14.5 Å². The molecule has 0 spiro atoms. The molecular weight excluding hydrogens is 394 g/mol. The van der Waals surface area contributed by atoms with Crippen LogP contribution in [-0.4, -0.2) is 20.9 Å². The second-order valence-corrected chi connectivity index (χ2v) is 9.42. The predicted molar refractivity (Wildman–Crippen MR) is 115 cm³/mol. The third-order valence-corrected chi connectivity index (χ3v) is 7.81. The number of benzene rings is 2. The normalized spacial score (nSPS) is 25.4. The highest BCUT2D eigenvalue weighted by atomic mass is 16.6. The van der Waals surface area contributed by atoms with Gasteiger partial charge in [0.25, 0.3) is 5.69 Å². The van der Waals surface area contributed by atoms with Crippen molar-refractivity contribution in [2.45, 2.75) is 51.4 Å².